The minimum Gasteiger partial charge on any atom is -0.250 e. The van der Waals surface area contributed by atoms with Crippen molar-refractivity contribution in [3.63, 3.8) is 0 Å². The Labute approximate surface area is 150 Å². The van der Waals surface area contributed by atoms with Gasteiger partial charge >= 0.3 is 0 Å². The SMILES string of the molecule is Cc1cc(-n2nc(C(C)(C)C)cc2C(C)(C)C)nc2c1c(C)nn2C. The fourth-order valence-electron chi connectivity index (χ4n) is 3.21. The molecule has 0 aliphatic rings. The highest BCUT2D eigenvalue weighted by Crippen LogP contribution is 2.31. The Hall–Kier alpha value is -2.17. The van der Waals surface area contributed by atoms with E-state index in [1.165, 1.54) is 11.3 Å². The van der Waals surface area contributed by atoms with E-state index in [4.69, 9.17) is 10.1 Å². The molecule has 0 bridgehead atoms. The molecule has 0 fully saturated rings. The molecule has 3 heterocycles. The van der Waals surface area contributed by atoms with Gasteiger partial charge in [-0.1, -0.05) is 41.5 Å². The van der Waals surface area contributed by atoms with E-state index in [0.717, 1.165) is 28.2 Å². The van der Waals surface area contributed by atoms with Gasteiger partial charge in [0.25, 0.3) is 0 Å². The van der Waals surface area contributed by atoms with Crippen molar-refractivity contribution in [2.75, 3.05) is 0 Å². The lowest BCUT2D eigenvalue weighted by atomic mass is 9.88. The van der Waals surface area contributed by atoms with Crippen molar-refractivity contribution in [3.05, 3.63) is 34.8 Å². The summed E-state index contributed by atoms with van der Waals surface area (Å²) >= 11 is 0. The van der Waals surface area contributed by atoms with E-state index < -0.39 is 0 Å². The second-order valence-electron chi connectivity index (χ2n) is 9.03. The molecule has 0 amide bonds. The van der Waals surface area contributed by atoms with Crippen LogP contribution < -0.4 is 0 Å². The number of rotatable bonds is 1. The first kappa shape index (κ1) is 17.6. The molecule has 0 unspecified atom stereocenters. The van der Waals surface area contributed by atoms with Gasteiger partial charge in [-0.3, -0.25) is 4.68 Å². The summed E-state index contributed by atoms with van der Waals surface area (Å²) in [5.41, 5.74) is 5.32. The van der Waals surface area contributed by atoms with Gasteiger partial charge in [0.05, 0.1) is 17.1 Å². The van der Waals surface area contributed by atoms with Crippen LogP contribution in [0.1, 0.15) is 64.2 Å². The van der Waals surface area contributed by atoms with Crippen molar-refractivity contribution < 1.29 is 0 Å². The van der Waals surface area contributed by atoms with Crippen molar-refractivity contribution in [3.8, 4) is 5.82 Å². The Morgan fingerprint density at radius 2 is 1.52 bits per heavy atom. The Bertz CT molecular complexity index is 945. The summed E-state index contributed by atoms with van der Waals surface area (Å²) < 4.78 is 3.86. The highest BCUT2D eigenvalue weighted by Gasteiger charge is 2.27. The summed E-state index contributed by atoms with van der Waals surface area (Å²) in [6.07, 6.45) is 0. The van der Waals surface area contributed by atoms with Crippen LogP contribution in [-0.2, 0) is 17.9 Å². The first-order valence-corrected chi connectivity index (χ1v) is 8.82. The molecule has 0 saturated carbocycles. The molecule has 5 nitrogen and oxygen atoms in total. The Balaban J connectivity index is 2.31. The number of nitrogens with zero attached hydrogens (tertiary/aromatic N) is 5. The van der Waals surface area contributed by atoms with Crippen molar-refractivity contribution >= 4 is 11.0 Å². The van der Waals surface area contributed by atoms with Gasteiger partial charge in [0.15, 0.2) is 11.5 Å². The summed E-state index contributed by atoms with van der Waals surface area (Å²) in [5.74, 6) is 0.855. The monoisotopic (exact) mass is 339 g/mol. The van der Waals surface area contributed by atoms with Gasteiger partial charge in [0, 0.05) is 23.3 Å². The Morgan fingerprint density at radius 1 is 0.880 bits per heavy atom. The van der Waals surface area contributed by atoms with Gasteiger partial charge in [-0.25, -0.2) is 9.67 Å². The summed E-state index contributed by atoms with van der Waals surface area (Å²) in [5, 5.41) is 10.6. The first-order valence-electron chi connectivity index (χ1n) is 8.82. The molecule has 0 spiro atoms. The quantitative estimate of drug-likeness (QED) is 0.661. The van der Waals surface area contributed by atoms with E-state index in [1.807, 2.05) is 23.3 Å². The molecular formula is C20H29N5. The first-order chi connectivity index (χ1) is 11.4. The minimum atomic E-state index is -0.0244. The second kappa shape index (κ2) is 5.41. The Morgan fingerprint density at radius 3 is 2.08 bits per heavy atom. The van der Waals surface area contributed by atoms with Gasteiger partial charge in [-0.2, -0.15) is 10.2 Å². The Kier molecular flexibility index (Phi) is 3.82. The molecule has 0 saturated heterocycles. The van der Waals surface area contributed by atoms with Crippen LogP contribution >= 0.6 is 0 Å². The number of aromatic nitrogens is 5. The van der Waals surface area contributed by atoms with E-state index in [9.17, 15) is 0 Å². The van der Waals surface area contributed by atoms with Gasteiger partial charge in [0.1, 0.15) is 0 Å². The molecule has 5 heteroatoms. The van der Waals surface area contributed by atoms with Gasteiger partial charge < -0.3 is 0 Å². The molecule has 0 aliphatic carbocycles. The molecule has 0 aliphatic heterocycles. The standard InChI is InChI=1S/C20H29N5/c1-12-10-16(21-18-17(12)13(2)22-24(18)9)25-15(20(6,7)8)11-14(23-25)19(3,4)5/h10-11H,1-9H3. The lowest BCUT2D eigenvalue weighted by Crippen LogP contribution is -2.18. The third-order valence-electron chi connectivity index (χ3n) is 4.62. The number of pyridine rings is 1. The minimum absolute atomic E-state index is 0.00644. The van der Waals surface area contributed by atoms with E-state index in [1.54, 1.807) is 0 Å². The van der Waals surface area contributed by atoms with Crippen LogP contribution in [0.4, 0.5) is 0 Å². The van der Waals surface area contributed by atoms with Crippen LogP contribution in [0.2, 0.25) is 0 Å². The van der Waals surface area contributed by atoms with Gasteiger partial charge in [-0.05, 0) is 31.5 Å². The lowest BCUT2D eigenvalue weighted by Gasteiger charge is -2.20. The molecule has 0 aromatic carbocycles. The predicted molar refractivity (Wildman–Crippen MR) is 103 cm³/mol. The number of hydrogen-bond acceptors (Lipinski definition) is 3. The second-order valence-corrected chi connectivity index (χ2v) is 9.03. The average Bonchev–Trinajstić information content (AvgIpc) is 3.01. The normalized spacial score (nSPS) is 13.0. The van der Waals surface area contributed by atoms with Crippen molar-refractivity contribution in [1.82, 2.24) is 24.5 Å². The highest BCUT2D eigenvalue weighted by atomic mass is 15.3. The average molecular weight is 339 g/mol. The molecule has 3 rings (SSSR count). The highest BCUT2D eigenvalue weighted by molar-refractivity contribution is 5.82. The van der Waals surface area contributed by atoms with E-state index in [-0.39, 0.29) is 10.8 Å². The van der Waals surface area contributed by atoms with Crippen molar-refractivity contribution in [2.24, 2.45) is 7.05 Å². The fourth-order valence-corrected chi connectivity index (χ4v) is 3.21. The molecule has 134 valence electrons. The molecule has 25 heavy (non-hydrogen) atoms. The zero-order chi connectivity index (χ0) is 18.7. The maximum Gasteiger partial charge on any atom is 0.160 e. The maximum absolute atomic E-state index is 4.93. The smallest absolute Gasteiger partial charge is 0.160 e. The third-order valence-corrected chi connectivity index (χ3v) is 4.62. The van der Waals surface area contributed by atoms with Crippen LogP contribution in [0.15, 0.2) is 12.1 Å². The maximum atomic E-state index is 4.93. The summed E-state index contributed by atoms with van der Waals surface area (Å²) in [6, 6.07) is 4.33. The van der Waals surface area contributed by atoms with Crippen LogP contribution in [-0.4, -0.2) is 24.5 Å². The topological polar surface area (TPSA) is 48.5 Å². The largest absolute Gasteiger partial charge is 0.250 e. The molecule has 0 radical (unpaired) electrons. The van der Waals surface area contributed by atoms with Crippen molar-refractivity contribution in [2.45, 2.75) is 66.2 Å². The summed E-state index contributed by atoms with van der Waals surface area (Å²) in [6.45, 7) is 17.4. The molecule has 3 aromatic rings. The molecule has 0 atom stereocenters. The van der Waals surface area contributed by atoms with Crippen LogP contribution in [0.5, 0.6) is 0 Å². The zero-order valence-electron chi connectivity index (χ0n) is 16.9. The molecular weight excluding hydrogens is 310 g/mol. The van der Waals surface area contributed by atoms with E-state index >= 15 is 0 Å². The third kappa shape index (κ3) is 2.96. The zero-order valence-corrected chi connectivity index (χ0v) is 16.9. The van der Waals surface area contributed by atoms with E-state index in [2.05, 4.69) is 65.7 Å². The fraction of sp³-hybridized carbons (Fsp3) is 0.550. The molecule has 0 N–H and O–H groups in total. The summed E-state index contributed by atoms with van der Waals surface area (Å²) in [7, 11) is 1.94. The number of hydrogen-bond donors (Lipinski definition) is 0. The van der Waals surface area contributed by atoms with Gasteiger partial charge in [-0.15, -0.1) is 0 Å². The summed E-state index contributed by atoms with van der Waals surface area (Å²) in [4.78, 5) is 4.90. The van der Waals surface area contributed by atoms with E-state index in [0.29, 0.717) is 0 Å². The lowest BCUT2D eigenvalue weighted by molar-refractivity contribution is 0.534. The van der Waals surface area contributed by atoms with Crippen LogP contribution in [0.3, 0.4) is 0 Å². The molecule has 3 aromatic heterocycles. The predicted octanol–water partition coefficient (Wildman–Crippen LogP) is 4.37. The van der Waals surface area contributed by atoms with Crippen LogP contribution in [0, 0.1) is 13.8 Å². The number of aryl methyl sites for hydroxylation is 3. The van der Waals surface area contributed by atoms with Gasteiger partial charge in [0.2, 0.25) is 0 Å². The number of fused-ring (bicyclic) bond motifs is 1. The van der Waals surface area contributed by atoms with Crippen LogP contribution in [0.25, 0.3) is 16.9 Å². The van der Waals surface area contributed by atoms with Crippen molar-refractivity contribution in [1.29, 1.82) is 0 Å².